The van der Waals surface area contributed by atoms with Crippen molar-refractivity contribution in [3.8, 4) is 0 Å². The Balaban J connectivity index is 0.00000169. The zero-order chi connectivity index (χ0) is 17.2. The Kier molecular flexibility index (Phi) is 9.37. The number of amides is 1. The van der Waals surface area contributed by atoms with Crippen LogP contribution in [-0.2, 0) is 10.3 Å². The summed E-state index contributed by atoms with van der Waals surface area (Å²) in [5.41, 5.74) is 6.36. The molecule has 26 heavy (non-hydrogen) atoms. The van der Waals surface area contributed by atoms with E-state index < -0.39 is 5.54 Å². The molecule has 1 amide bonds. The van der Waals surface area contributed by atoms with Crippen LogP contribution < -0.4 is 5.73 Å². The van der Waals surface area contributed by atoms with E-state index in [1.165, 1.54) is 32.4 Å². The van der Waals surface area contributed by atoms with Gasteiger partial charge in [-0.05, 0) is 69.8 Å². The molecule has 4 nitrogen and oxygen atoms in total. The summed E-state index contributed by atoms with van der Waals surface area (Å²) >= 11 is 3.43. The van der Waals surface area contributed by atoms with Gasteiger partial charge in [0.2, 0.25) is 5.91 Å². The van der Waals surface area contributed by atoms with Gasteiger partial charge in [0.25, 0.3) is 0 Å². The molecular formula is C19H30BrCl2N3O. The molecule has 0 spiro atoms. The number of carbonyl (C=O) groups excluding carboxylic acids is 1. The van der Waals surface area contributed by atoms with Gasteiger partial charge in [0.1, 0.15) is 5.54 Å². The molecule has 0 aromatic heterocycles. The minimum atomic E-state index is -0.964. The molecule has 2 saturated heterocycles. The quantitative estimate of drug-likeness (QED) is 0.733. The second-order valence-corrected chi connectivity index (χ2v) is 8.24. The number of benzene rings is 1. The van der Waals surface area contributed by atoms with E-state index in [2.05, 4.69) is 20.8 Å². The van der Waals surface area contributed by atoms with Crippen LogP contribution in [-0.4, -0.2) is 47.9 Å². The van der Waals surface area contributed by atoms with Crippen molar-refractivity contribution in [3.63, 3.8) is 0 Å². The number of rotatable bonds is 3. The second-order valence-electron chi connectivity index (χ2n) is 7.33. The fourth-order valence-electron chi connectivity index (χ4n) is 4.00. The highest BCUT2D eigenvalue weighted by Gasteiger charge is 2.36. The average Bonchev–Trinajstić information content (AvgIpc) is 2.99. The van der Waals surface area contributed by atoms with Crippen molar-refractivity contribution in [2.75, 3.05) is 26.2 Å². The Morgan fingerprint density at radius 2 is 1.65 bits per heavy atom. The van der Waals surface area contributed by atoms with Gasteiger partial charge in [0.15, 0.2) is 0 Å². The summed E-state index contributed by atoms with van der Waals surface area (Å²) in [4.78, 5) is 17.7. The van der Waals surface area contributed by atoms with Crippen LogP contribution in [0.25, 0.3) is 0 Å². The number of halogens is 3. The van der Waals surface area contributed by atoms with E-state index in [-0.39, 0.29) is 30.7 Å². The Bertz CT molecular complexity index is 577. The average molecular weight is 467 g/mol. The minimum Gasteiger partial charge on any atom is -0.341 e. The van der Waals surface area contributed by atoms with E-state index in [0.29, 0.717) is 6.04 Å². The SMILES string of the molecule is CC(N)(C(=O)N1CCCC(N2CCCC2)CC1)c1ccc(Br)cc1.Cl.Cl. The fraction of sp³-hybridized carbons (Fsp3) is 0.632. The zero-order valence-electron chi connectivity index (χ0n) is 15.3. The van der Waals surface area contributed by atoms with Gasteiger partial charge in [-0.1, -0.05) is 28.1 Å². The third kappa shape index (κ3) is 5.35. The van der Waals surface area contributed by atoms with E-state index in [1.807, 2.05) is 36.1 Å². The largest absolute Gasteiger partial charge is 0.341 e. The van der Waals surface area contributed by atoms with Gasteiger partial charge in [0.05, 0.1) is 0 Å². The lowest BCUT2D eigenvalue weighted by molar-refractivity contribution is -0.136. The maximum absolute atomic E-state index is 13.1. The van der Waals surface area contributed by atoms with Gasteiger partial charge >= 0.3 is 0 Å². The molecule has 2 aliphatic heterocycles. The van der Waals surface area contributed by atoms with E-state index >= 15 is 0 Å². The summed E-state index contributed by atoms with van der Waals surface area (Å²) in [6.07, 6.45) is 5.99. The molecule has 2 fully saturated rings. The smallest absolute Gasteiger partial charge is 0.246 e. The molecule has 0 bridgehead atoms. The maximum Gasteiger partial charge on any atom is 0.246 e. The number of nitrogens with zero attached hydrogens (tertiary/aromatic N) is 2. The Morgan fingerprint density at radius 1 is 1.04 bits per heavy atom. The molecule has 7 heteroatoms. The minimum absolute atomic E-state index is 0. The highest BCUT2D eigenvalue weighted by Crippen LogP contribution is 2.26. The molecule has 2 aliphatic rings. The Labute approximate surface area is 177 Å². The third-order valence-corrected chi connectivity index (χ3v) is 6.06. The topological polar surface area (TPSA) is 49.6 Å². The van der Waals surface area contributed by atoms with Crippen molar-refractivity contribution in [2.24, 2.45) is 5.73 Å². The summed E-state index contributed by atoms with van der Waals surface area (Å²) in [7, 11) is 0. The number of carbonyl (C=O) groups is 1. The van der Waals surface area contributed by atoms with Crippen molar-refractivity contribution in [1.82, 2.24) is 9.80 Å². The lowest BCUT2D eigenvalue weighted by atomic mass is 9.91. The number of likely N-dealkylation sites (tertiary alicyclic amines) is 2. The first-order valence-electron chi connectivity index (χ1n) is 9.07. The molecule has 2 N–H and O–H groups in total. The summed E-state index contributed by atoms with van der Waals surface area (Å²) in [5.74, 6) is 0.0481. The van der Waals surface area contributed by atoms with Crippen LogP contribution >= 0.6 is 40.7 Å². The molecule has 148 valence electrons. The van der Waals surface area contributed by atoms with Gasteiger partial charge in [-0.2, -0.15) is 0 Å². The van der Waals surface area contributed by atoms with Crippen LogP contribution in [0.15, 0.2) is 28.7 Å². The third-order valence-electron chi connectivity index (χ3n) is 5.53. The Morgan fingerprint density at radius 3 is 2.27 bits per heavy atom. The molecule has 0 aliphatic carbocycles. The molecule has 0 radical (unpaired) electrons. The second kappa shape index (κ2) is 10.3. The lowest BCUT2D eigenvalue weighted by Crippen LogP contribution is -2.51. The first kappa shape index (κ1) is 23.7. The van der Waals surface area contributed by atoms with Crippen molar-refractivity contribution in [3.05, 3.63) is 34.3 Å². The Hall–Kier alpha value is -0.330. The van der Waals surface area contributed by atoms with E-state index in [9.17, 15) is 4.79 Å². The predicted molar refractivity (Wildman–Crippen MR) is 115 cm³/mol. The fourth-order valence-corrected chi connectivity index (χ4v) is 4.27. The highest BCUT2D eigenvalue weighted by molar-refractivity contribution is 9.10. The summed E-state index contributed by atoms with van der Waals surface area (Å²) in [6, 6.07) is 8.40. The van der Waals surface area contributed by atoms with Crippen molar-refractivity contribution >= 4 is 46.7 Å². The summed E-state index contributed by atoms with van der Waals surface area (Å²) in [5, 5.41) is 0. The van der Waals surface area contributed by atoms with Crippen LogP contribution in [0, 0.1) is 0 Å². The molecule has 1 aromatic rings. The number of hydrogen-bond acceptors (Lipinski definition) is 3. The molecule has 2 atom stereocenters. The van der Waals surface area contributed by atoms with Crippen molar-refractivity contribution in [2.45, 2.75) is 50.6 Å². The van der Waals surface area contributed by atoms with Crippen LogP contribution in [0.5, 0.6) is 0 Å². The predicted octanol–water partition coefficient (Wildman–Crippen LogP) is 3.94. The summed E-state index contributed by atoms with van der Waals surface area (Å²) in [6.45, 7) is 5.94. The van der Waals surface area contributed by atoms with Gasteiger partial charge in [-0.15, -0.1) is 24.8 Å². The molecule has 3 rings (SSSR count). The van der Waals surface area contributed by atoms with E-state index in [0.717, 1.165) is 36.0 Å². The van der Waals surface area contributed by atoms with Crippen molar-refractivity contribution in [1.29, 1.82) is 0 Å². The first-order valence-corrected chi connectivity index (χ1v) is 9.86. The molecule has 2 unspecified atom stereocenters. The van der Waals surface area contributed by atoms with Gasteiger partial charge in [-0.25, -0.2) is 0 Å². The van der Waals surface area contributed by atoms with Crippen LogP contribution in [0.3, 0.4) is 0 Å². The van der Waals surface area contributed by atoms with Gasteiger partial charge in [-0.3, -0.25) is 4.79 Å². The highest BCUT2D eigenvalue weighted by atomic mass is 79.9. The van der Waals surface area contributed by atoms with Crippen LogP contribution in [0.4, 0.5) is 0 Å². The summed E-state index contributed by atoms with van der Waals surface area (Å²) < 4.78 is 0.998. The van der Waals surface area contributed by atoms with E-state index in [4.69, 9.17) is 5.73 Å². The maximum atomic E-state index is 13.1. The van der Waals surface area contributed by atoms with Gasteiger partial charge in [0, 0.05) is 23.6 Å². The number of hydrogen-bond donors (Lipinski definition) is 1. The normalized spacial score (nSPS) is 23.3. The molecule has 1 aromatic carbocycles. The first-order chi connectivity index (χ1) is 11.5. The molecule has 2 heterocycles. The van der Waals surface area contributed by atoms with Crippen LogP contribution in [0.1, 0.15) is 44.6 Å². The standard InChI is InChI=1S/C19H28BrN3O.2ClH/c1-19(21,15-6-8-16(20)9-7-15)18(24)23-13-4-5-17(10-14-23)22-11-2-3-12-22;;/h6-9,17H,2-5,10-14,21H2,1H3;2*1H. The number of nitrogens with two attached hydrogens (primary N) is 1. The van der Waals surface area contributed by atoms with E-state index in [1.54, 1.807) is 0 Å². The zero-order valence-corrected chi connectivity index (χ0v) is 18.5. The van der Waals surface area contributed by atoms with Crippen LogP contribution in [0.2, 0.25) is 0 Å². The lowest BCUT2D eigenvalue weighted by Gasteiger charge is -2.32. The molecular weight excluding hydrogens is 437 g/mol. The van der Waals surface area contributed by atoms with Crippen molar-refractivity contribution < 1.29 is 4.79 Å². The molecule has 0 saturated carbocycles. The van der Waals surface area contributed by atoms with Gasteiger partial charge < -0.3 is 15.5 Å². The monoisotopic (exact) mass is 465 g/mol.